The van der Waals surface area contributed by atoms with Crippen molar-refractivity contribution in [2.45, 2.75) is 6.54 Å². The van der Waals surface area contributed by atoms with E-state index < -0.39 is 11.6 Å². The van der Waals surface area contributed by atoms with Crippen molar-refractivity contribution >= 4 is 0 Å². The molecule has 0 atom stereocenters. The molecule has 0 heterocycles. The molecule has 2 N–H and O–H groups in total. The largest absolute Gasteiger partial charge is 0.494 e. The lowest BCUT2D eigenvalue weighted by atomic mass is 10.2. The first-order chi connectivity index (χ1) is 5.70. The molecule has 0 fully saturated rings. The molecule has 66 valence electrons. The highest BCUT2D eigenvalue weighted by Gasteiger charge is 2.11. The van der Waals surface area contributed by atoms with Gasteiger partial charge in [0.05, 0.1) is 7.11 Å². The monoisotopic (exact) mass is 173 g/mol. The van der Waals surface area contributed by atoms with Crippen molar-refractivity contribution in [1.29, 1.82) is 0 Å². The van der Waals surface area contributed by atoms with E-state index in [-0.39, 0.29) is 17.9 Å². The molecule has 12 heavy (non-hydrogen) atoms. The molecule has 0 aromatic heterocycles. The summed E-state index contributed by atoms with van der Waals surface area (Å²) in [7, 11) is 1.28. The highest BCUT2D eigenvalue weighted by Crippen LogP contribution is 2.21. The number of nitrogens with two attached hydrogens (primary N) is 1. The van der Waals surface area contributed by atoms with Crippen LogP contribution in [-0.4, -0.2) is 7.11 Å². The molecule has 0 aliphatic heterocycles. The van der Waals surface area contributed by atoms with E-state index in [2.05, 4.69) is 4.74 Å². The van der Waals surface area contributed by atoms with Crippen LogP contribution in [0.5, 0.6) is 5.75 Å². The van der Waals surface area contributed by atoms with E-state index in [1.165, 1.54) is 19.2 Å². The summed E-state index contributed by atoms with van der Waals surface area (Å²) in [4.78, 5) is 0. The SMILES string of the molecule is COc1ccc(CN)c(F)c1F. The third kappa shape index (κ3) is 1.38. The minimum atomic E-state index is -0.986. The Balaban J connectivity index is 3.20. The summed E-state index contributed by atoms with van der Waals surface area (Å²) >= 11 is 0. The van der Waals surface area contributed by atoms with Crippen molar-refractivity contribution in [3.63, 3.8) is 0 Å². The van der Waals surface area contributed by atoms with Gasteiger partial charge < -0.3 is 10.5 Å². The van der Waals surface area contributed by atoms with Gasteiger partial charge in [0.25, 0.3) is 0 Å². The van der Waals surface area contributed by atoms with Crippen LogP contribution in [0.3, 0.4) is 0 Å². The van der Waals surface area contributed by atoms with Gasteiger partial charge in [-0.05, 0) is 6.07 Å². The predicted molar refractivity (Wildman–Crippen MR) is 40.8 cm³/mol. The molecule has 0 saturated heterocycles. The molecule has 2 nitrogen and oxygen atoms in total. The van der Waals surface area contributed by atoms with E-state index in [9.17, 15) is 8.78 Å². The zero-order valence-electron chi connectivity index (χ0n) is 6.60. The summed E-state index contributed by atoms with van der Waals surface area (Å²) in [5.41, 5.74) is 5.31. The Morgan fingerprint density at radius 2 is 2.00 bits per heavy atom. The van der Waals surface area contributed by atoms with E-state index in [4.69, 9.17) is 5.73 Å². The van der Waals surface area contributed by atoms with Gasteiger partial charge in [-0.3, -0.25) is 0 Å². The molecule has 0 bridgehead atoms. The number of rotatable bonds is 2. The van der Waals surface area contributed by atoms with Gasteiger partial charge in [-0.1, -0.05) is 6.07 Å². The van der Waals surface area contributed by atoms with E-state index in [0.717, 1.165) is 0 Å². The van der Waals surface area contributed by atoms with Crippen molar-refractivity contribution in [2.75, 3.05) is 7.11 Å². The van der Waals surface area contributed by atoms with E-state index in [1.54, 1.807) is 0 Å². The highest BCUT2D eigenvalue weighted by molar-refractivity contribution is 5.30. The third-order valence-electron chi connectivity index (χ3n) is 1.57. The molecular weight excluding hydrogens is 164 g/mol. The van der Waals surface area contributed by atoms with Gasteiger partial charge in [-0.15, -0.1) is 0 Å². The minimum Gasteiger partial charge on any atom is -0.494 e. The predicted octanol–water partition coefficient (Wildman–Crippen LogP) is 1.43. The lowest BCUT2D eigenvalue weighted by molar-refractivity contribution is 0.370. The second-order valence-corrected chi connectivity index (χ2v) is 2.26. The standard InChI is InChI=1S/C8H9F2NO/c1-12-6-3-2-5(4-11)7(9)8(6)10/h2-3H,4,11H2,1H3. The van der Waals surface area contributed by atoms with Crippen LogP contribution in [0, 0.1) is 11.6 Å². The molecule has 0 saturated carbocycles. The number of hydrogen-bond donors (Lipinski definition) is 1. The first kappa shape index (κ1) is 8.93. The van der Waals surface area contributed by atoms with Gasteiger partial charge >= 0.3 is 0 Å². The van der Waals surface area contributed by atoms with Crippen LogP contribution in [0.2, 0.25) is 0 Å². The molecule has 4 heteroatoms. The van der Waals surface area contributed by atoms with Crippen molar-refractivity contribution in [3.8, 4) is 5.75 Å². The van der Waals surface area contributed by atoms with E-state index in [1.807, 2.05) is 0 Å². The summed E-state index contributed by atoms with van der Waals surface area (Å²) in [6.07, 6.45) is 0. The van der Waals surface area contributed by atoms with Crippen LogP contribution in [-0.2, 0) is 6.54 Å². The van der Waals surface area contributed by atoms with Gasteiger partial charge in [0, 0.05) is 12.1 Å². The van der Waals surface area contributed by atoms with E-state index in [0.29, 0.717) is 0 Å². The van der Waals surface area contributed by atoms with Crippen LogP contribution in [0.1, 0.15) is 5.56 Å². The Kier molecular flexibility index (Phi) is 2.60. The summed E-state index contributed by atoms with van der Waals surface area (Å²) in [5, 5.41) is 0. The fraction of sp³-hybridized carbons (Fsp3) is 0.250. The Labute approximate surface area is 68.9 Å². The van der Waals surface area contributed by atoms with Crippen LogP contribution < -0.4 is 10.5 Å². The van der Waals surface area contributed by atoms with Crippen molar-refractivity contribution in [3.05, 3.63) is 29.3 Å². The molecule has 1 aromatic carbocycles. The van der Waals surface area contributed by atoms with Crippen LogP contribution in [0.4, 0.5) is 8.78 Å². The smallest absolute Gasteiger partial charge is 0.200 e. The Morgan fingerprint density at radius 3 is 2.50 bits per heavy atom. The Hall–Kier alpha value is -1.16. The highest BCUT2D eigenvalue weighted by atomic mass is 19.2. The van der Waals surface area contributed by atoms with Crippen molar-refractivity contribution in [2.24, 2.45) is 5.73 Å². The maximum atomic E-state index is 12.9. The zero-order chi connectivity index (χ0) is 9.14. The maximum absolute atomic E-state index is 12.9. The van der Waals surface area contributed by atoms with Crippen LogP contribution in [0.25, 0.3) is 0 Å². The van der Waals surface area contributed by atoms with Crippen LogP contribution in [0.15, 0.2) is 12.1 Å². The fourth-order valence-electron chi connectivity index (χ4n) is 0.887. The molecule has 1 rings (SSSR count). The number of halogens is 2. The average molecular weight is 173 g/mol. The zero-order valence-corrected chi connectivity index (χ0v) is 6.60. The van der Waals surface area contributed by atoms with Gasteiger partial charge in [-0.25, -0.2) is 4.39 Å². The summed E-state index contributed by atoms with van der Waals surface area (Å²) in [5.74, 6) is -2.03. The molecule has 0 amide bonds. The third-order valence-corrected chi connectivity index (χ3v) is 1.57. The summed E-state index contributed by atoms with van der Waals surface area (Å²) in [6.45, 7) is -0.0211. The van der Waals surface area contributed by atoms with E-state index >= 15 is 0 Å². The second kappa shape index (κ2) is 3.49. The number of methoxy groups -OCH3 is 1. The van der Waals surface area contributed by atoms with Gasteiger partial charge in [0.2, 0.25) is 5.82 Å². The lowest BCUT2D eigenvalue weighted by Crippen LogP contribution is -2.03. The Bertz CT molecular complexity index is 260. The van der Waals surface area contributed by atoms with Gasteiger partial charge in [-0.2, -0.15) is 4.39 Å². The van der Waals surface area contributed by atoms with Gasteiger partial charge in [0.1, 0.15) is 0 Å². The topological polar surface area (TPSA) is 35.2 Å². The minimum absolute atomic E-state index is 0.0211. The van der Waals surface area contributed by atoms with Crippen LogP contribution >= 0.6 is 0 Å². The molecule has 0 radical (unpaired) electrons. The Morgan fingerprint density at radius 1 is 1.33 bits per heavy atom. The summed E-state index contributed by atoms with van der Waals surface area (Å²) in [6, 6.07) is 2.75. The van der Waals surface area contributed by atoms with Crippen molar-refractivity contribution in [1.82, 2.24) is 0 Å². The molecule has 0 spiro atoms. The normalized spacial score (nSPS) is 10.0. The molecule has 0 aliphatic carbocycles. The molecule has 0 aliphatic rings. The average Bonchev–Trinajstić information content (AvgIpc) is 2.10. The second-order valence-electron chi connectivity index (χ2n) is 2.26. The fourth-order valence-corrected chi connectivity index (χ4v) is 0.887. The lowest BCUT2D eigenvalue weighted by Gasteiger charge is -2.04. The first-order valence-electron chi connectivity index (χ1n) is 3.41. The number of benzene rings is 1. The molecule has 0 unspecified atom stereocenters. The molecule has 1 aromatic rings. The number of ether oxygens (including phenoxy) is 1. The summed E-state index contributed by atoms with van der Waals surface area (Å²) < 4.78 is 30.4. The first-order valence-corrected chi connectivity index (χ1v) is 3.41. The van der Waals surface area contributed by atoms with Crippen molar-refractivity contribution < 1.29 is 13.5 Å². The molecular formula is C8H9F2NO. The van der Waals surface area contributed by atoms with Gasteiger partial charge in [0.15, 0.2) is 11.6 Å². The quantitative estimate of drug-likeness (QED) is 0.734. The number of hydrogen-bond acceptors (Lipinski definition) is 2. The maximum Gasteiger partial charge on any atom is 0.200 e.